The lowest BCUT2D eigenvalue weighted by molar-refractivity contribution is 0.0981. The lowest BCUT2D eigenvalue weighted by Gasteiger charge is -2.42. The molecular weight excluding hydrogens is 429 g/mol. The molecule has 3 heterocycles. The number of piperazine rings is 1. The molecule has 2 aliphatic heterocycles. The summed E-state index contributed by atoms with van der Waals surface area (Å²) in [6.07, 6.45) is 3.84. The molecule has 0 aliphatic carbocycles. The maximum absolute atomic E-state index is 15.0. The van der Waals surface area contributed by atoms with Crippen molar-refractivity contribution in [2.75, 3.05) is 61.8 Å². The average Bonchev–Trinajstić information content (AvgIpc) is 2.86. The Kier molecular flexibility index (Phi) is 6.87. The van der Waals surface area contributed by atoms with Gasteiger partial charge in [-0.05, 0) is 56.3 Å². The minimum absolute atomic E-state index is 0.221. The van der Waals surface area contributed by atoms with Gasteiger partial charge in [0.25, 0.3) is 0 Å². The van der Waals surface area contributed by atoms with Gasteiger partial charge in [0, 0.05) is 62.9 Å². The number of halogens is 1. The summed E-state index contributed by atoms with van der Waals surface area (Å²) >= 11 is 0. The van der Waals surface area contributed by atoms with E-state index in [4.69, 9.17) is 0 Å². The minimum atomic E-state index is -0.221. The first-order chi connectivity index (χ1) is 16.6. The Labute approximate surface area is 200 Å². The molecule has 2 N–H and O–H groups in total. The van der Waals surface area contributed by atoms with Crippen molar-refractivity contribution >= 4 is 28.8 Å². The summed E-state index contributed by atoms with van der Waals surface area (Å²) in [7, 11) is 2.19. The fraction of sp³-hybridized carbons (Fsp3) is 0.385. The van der Waals surface area contributed by atoms with E-state index in [9.17, 15) is 0 Å². The summed E-state index contributed by atoms with van der Waals surface area (Å²) in [4.78, 5) is 15.9. The van der Waals surface area contributed by atoms with Crippen LogP contribution in [0.4, 0.5) is 33.2 Å². The van der Waals surface area contributed by atoms with E-state index >= 15 is 4.39 Å². The number of para-hydroxylation sites is 1. The maximum Gasteiger partial charge on any atom is 0.229 e. The van der Waals surface area contributed by atoms with Gasteiger partial charge in [0.1, 0.15) is 11.6 Å². The van der Waals surface area contributed by atoms with Crippen molar-refractivity contribution in [3.8, 4) is 0 Å². The van der Waals surface area contributed by atoms with Gasteiger partial charge in [-0.15, -0.1) is 0 Å². The Bertz CT molecular complexity index is 1080. The predicted octanol–water partition coefficient (Wildman–Crippen LogP) is 4.32. The number of benzene rings is 2. The maximum atomic E-state index is 15.0. The normalized spacial score (nSPS) is 18.1. The van der Waals surface area contributed by atoms with Crippen molar-refractivity contribution in [3.63, 3.8) is 0 Å². The molecular formula is C26H32FN7. The van der Waals surface area contributed by atoms with Gasteiger partial charge in [-0.1, -0.05) is 18.2 Å². The highest BCUT2D eigenvalue weighted by Crippen LogP contribution is 2.28. The molecule has 2 fully saturated rings. The molecule has 0 unspecified atom stereocenters. The second-order valence-electron chi connectivity index (χ2n) is 9.11. The van der Waals surface area contributed by atoms with E-state index in [-0.39, 0.29) is 5.82 Å². The first-order valence-corrected chi connectivity index (χ1v) is 12.0. The van der Waals surface area contributed by atoms with Gasteiger partial charge in [0.15, 0.2) is 0 Å². The Hall–Kier alpha value is -3.23. The summed E-state index contributed by atoms with van der Waals surface area (Å²) in [5.74, 6) is 0.867. The highest BCUT2D eigenvalue weighted by atomic mass is 19.1. The molecule has 178 valence electrons. The first-order valence-electron chi connectivity index (χ1n) is 12.0. The zero-order valence-electron chi connectivity index (χ0n) is 19.6. The second-order valence-corrected chi connectivity index (χ2v) is 9.11. The number of hydrogen-bond acceptors (Lipinski definition) is 7. The molecule has 1 aromatic heterocycles. The third-order valence-electron chi connectivity index (χ3n) is 6.77. The zero-order valence-corrected chi connectivity index (χ0v) is 19.6. The van der Waals surface area contributed by atoms with E-state index in [1.54, 1.807) is 12.3 Å². The van der Waals surface area contributed by atoms with Crippen LogP contribution in [0.3, 0.4) is 0 Å². The molecule has 0 saturated carbocycles. The van der Waals surface area contributed by atoms with Crippen molar-refractivity contribution in [2.45, 2.75) is 18.9 Å². The van der Waals surface area contributed by atoms with Crippen molar-refractivity contribution in [2.24, 2.45) is 0 Å². The van der Waals surface area contributed by atoms with E-state index in [1.807, 2.05) is 42.5 Å². The van der Waals surface area contributed by atoms with Crippen LogP contribution in [-0.4, -0.2) is 72.1 Å². The summed E-state index contributed by atoms with van der Waals surface area (Å²) in [6.45, 7) is 6.32. The van der Waals surface area contributed by atoms with Gasteiger partial charge in [-0.25, -0.2) is 9.37 Å². The number of nitrogens with one attached hydrogen (secondary N) is 2. The van der Waals surface area contributed by atoms with E-state index in [0.717, 1.165) is 57.8 Å². The predicted molar refractivity (Wildman–Crippen MR) is 136 cm³/mol. The van der Waals surface area contributed by atoms with Crippen LogP contribution in [0, 0.1) is 5.82 Å². The molecule has 0 bridgehead atoms. The van der Waals surface area contributed by atoms with Crippen molar-refractivity contribution in [3.05, 3.63) is 66.6 Å². The van der Waals surface area contributed by atoms with E-state index < -0.39 is 0 Å². The van der Waals surface area contributed by atoms with Crippen LogP contribution in [-0.2, 0) is 0 Å². The standard InChI is InChI=1S/C26H32FN7/c1-32-15-17-33(18-16-32)22-10-13-34(14-11-22)24-8-7-21(19-23(24)27)30-26-28-12-9-25(31-26)29-20-5-3-2-4-6-20/h2-9,12,19,22H,10-11,13-18H2,1H3,(H2,28,29,30,31). The molecule has 0 atom stereocenters. The van der Waals surface area contributed by atoms with E-state index in [2.05, 4.69) is 42.3 Å². The molecule has 7 nitrogen and oxygen atoms in total. The smallest absolute Gasteiger partial charge is 0.229 e. The number of rotatable bonds is 6. The van der Waals surface area contributed by atoms with Crippen LogP contribution in [0.25, 0.3) is 0 Å². The molecule has 8 heteroatoms. The average molecular weight is 462 g/mol. The highest BCUT2D eigenvalue weighted by molar-refractivity contribution is 5.62. The Morgan fingerprint density at radius 2 is 1.62 bits per heavy atom. The van der Waals surface area contributed by atoms with E-state index in [0.29, 0.717) is 29.2 Å². The Balaban J connectivity index is 1.19. The highest BCUT2D eigenvalue weighted by Gasteiger charge is 2.27. The molecule has 0 radical (unpaired) electrons. The van der Waals surface area contributed by atoms with Gasteiger partial charge < -0.3 is 20.4 Å². The SMILES string of the molecule is CN1CCN(C2CCN(c3ccc(Nc4nccc(Nc5ccccc5)n4)cc3F)CC2)CC1. The van der Waals surface area contributed by atoms with Crippen LogP contribution >= 0.6 is 0 Å². The number of piperidine rings is 1. The van der Waals surface area contributed by atoms with Crippen LogP contribution in [0.5, 0.6) is 0 Å². The van der Waals surface area contributed by atoms with Gasteiger partial charge in [0.05, 0.1) is 5.69 Å². The lowest BCUT2D eigenvalue weighted by atomic mass is 10.0. The zero-order chi connectivity index (χ0) is 23.3. The molecule has 5 rings (SSSR count). The van der Waals surface area contributed by atoms with Crippen LogP contribution in [0.15, 0.2) is 60.8 Å². The Morgan fingerprint density at radius 3 is 2.35 bits per heavy atom. The molecule has 2 aliphatic rings. The van der Waals surface area contributed by atoms with Crippen molar-refractivity contribution in [1.82, 2.24) is 19.8 Å². The summed E-state index contributed by atoms with van der Waals surface area (Å²) < 4.78 is 15.0. The monoisotopic (exact) mass is 461 g/mol. The fourth-order valence-corrected chi connectivity index (χ4v) is 4.79. The van der Waals surface area contributed by atoms with Gasteiger partial charge >= 0.3 is 0 Å². The van der Waals surface area contributed by atoms with Crippen LogP contribution < -0.4 is 15.5 Å². The van der Waals surface area contributed by atoms with Gasteiger partial charge in [-0.2, -0.15) is 4.98 Å². The molecule has 0 amide bonds. The molecule has 2 aromatic carbocycles. The van der Waals surface area contributed by atoms with Gasteiger partial charge in [0.2, 0.25) is 5.95 Å². The summed E-state index contributed by atoms with van der Waals surface area (Å²) in [5, 5.41) is 6.37. The largest absolute Gasteiger partial charge is 0.369 e. The summed E-state index contributed by atoms with van der Waals surface area (Å²) in [5.41, 5.74) is 2.24. The third-order valence-corrected chi connectivity index (χ3v) is 6.77. The molecule has 3 aromatic rings. The summed E-state index contributed by atoms with van der Waals surface area (Å²) in [6, 6.07) is 17.5. The van der Waals surface area contributed by atoms with Crippen molar-refractivity contribution < 1.29 is 4.39 Å². The van der Waals surface area contributed by atoms with Crippen molar-refractivity contribution in [1.29, 1.82) is 0 Å². The van der Waals surface area contributed by atoms with Crippen LogP contribution in [0.1, 0.15) is 12.8 Å². The molecule has 0 spiro atoms. The third kappa shape index (κ3) is 5.46. The van der Waals surface area contributed by atoms with Gasteiger partial charge in [-0.3, -0.25) is 4.90 Å². The van der Waals surface area contributed by atoms with E-state index in [1.165, 1.54) is 6.07 Å². The first kappa shape index (κ1) is 22.6. The Morgan fingerprint density at radius 1 is 0.853 bits per heavy atom. The molecule has 2 saturated heterocycles. The molecule has 34 heavy (non-hydrogen) atoms. The minimum Gasteiger partial charge on any atom is -0.369 e. The quantitative estimate of drug-likeness (QED) is 0.567. The number of likely N-dealkylation sites (N-methyl/N-ethyl adjacent to an activating group) is 1. The number of aromatic nitrogens is 2. The number of anilines is 5. The lowest BCUT2D eigenvalue weighted by Crippen LogP contribution is -2.52. The topological polar surface area (TPSA) is 59.6 Å². The number of hydrogen-bond donors (Lipinski definition) is 2. The van der Waals surface area contributed by atoms with Crippen LogP contribution in [0.2, 0.25) is 0 Å². The number of nitrogens with zero attached hydrogens (tertiary/aromatic N) is 5. The fourth-order valence-electron chi connectivity index (χ4n) is 4.79. The second kappa shape index (κ2) is 10.4.